The second-order valence-corrected chi connectivity index (χ2v) is 6.54. The molecule has 3 N–H and O–H groups in total. The normalized spacial score (nSPS) is 14.3. The van der Waals surface area contributed by atoms with E-state index in [2.05, 4.69) is 34.7 Å². The summed E-state index contributed by atoms with van der Waals surface area (Å²) in [6, 6.07) is 10.2. The largest absolute Gasteiger partial charge is 0.384 e. The summed E-state index contributed by atoms with van der Waals surface area (Å²) in [5, 5.41) is 21.0. The Morgan fingerprint density at radius 1 is 1.26 bits per heavy atom. The van der Waals surface area contributed by atoms with Gasteiger partial charge in [0, 0.05) is 6.54 Å². The topological polar surface area (TPSA) is 56.7 Å². The maximum Gasteiger partial charge on any atom is 0.191 e. The number of nitrogens with zero attached hydrogens (tertiary/aromatic N) is 1. The molecule has 0 spiro atoms. The highest BCUT2D eigenvalue weighted by Gasteiger charge is 2.23. The molecule has 4 nitrogen and oxygen atoms in total. The molecule has 0 radical (unpaired) electrons. The molecule has 1 aromatic heterocycles. The highest BCUT2D eigenvalue weighted by Crippen LogP contribution is 2.21. The highest BCUT2D eigenvalue weighted by molar-refractivity contribution is 7.08. The molecular formula is C18H25N3OS. The maximum absolute atomic E-state index is 10.6. The molecule has 5 heteroatoms. The molecule has 0 amide bonds. The Hall–Kier alpha value is -1.85. The molecule has 1 atom stereocenters. The summed E-state index contributed by atoms with van der Waals surface area (Å²) in [5.74, 6) is 0.714. The molecule has 0 aliphatic carbocycles. The van der Waals surface area contributed by atoms with Gasteiger partial charge in [0.05, 0.1) is 13.1 Å². The summed E-state index contributed by atoms with van der Waals surface area (Å²) in [6.07, 6.45) is 0. The Morgan fingerprint density at radius 2 is 2.04 bits per heavy atom. The van der Waals surface area contributed by atoms with Gasteiger partial charge in [-0.25, -0.2) is 4.99 Å². The van der Waals surface area contributed by atoms with Crippen molar-refractivity contribution in [3.63, 3.8) is 0 Å². The van der Waals surface area contributed by atoms with Crippen LogP contribution in [0.4, 0.5) is 0 Å². The molecular weight excluding hydrogens is 306 g/mol. The predicted octanol–water partition coefficient (Wildman–Crippen LogP) is 3.02. The summed E-state index contributed by atoms with van der Waals surface area (Å²) in [7, 11) is 0. The van der Waals surface area contributed by atoms with Crippen LogP contribution in [0.25, 0.3) is 0 Å². The van der Waals surface area contributed by atoms with E-state index in [4.69, 9.17) is 0 Å². The first kappa shape index (κ1) is 17.5. The van der Waals surface area contributed by atoms with Gasteiger partial charge in [-0.05, 0) is 54.3 Å². The van der Waals surface area contributed by atoms with Crippen molar-refractivity contribution in [1.29, 1.82) is 0 Å². The average Bonchev–Trinajstić information content (AvgIpc) is 3.07. The Bertz CT molecular complexity index is 635. The van der Waals surface area contributed by atoms with Crippen molar-refractivity contribution in [3.05, 3.63) is 57.8 Å². The van der Waals surface area contributed by atoms with Crippen molar-refractivity contribution >= 4 is 17.3 Å². The van der Waals surface area contributed by atoms with E-state index < -0.39 is 5.60 Å². The molecule has 1 aromatic carbocycles. The Balaban J connectivity index is 2.01. The minimum absolute atomic E-state index is 0.406. The van der Waals surface area contributed by atoms with E-state index in [0.29, 0.717) is 19.0 Å². The zero-order valence-corrected chi connectivity index (χ0v) is 14.8. The lowest BCUT2D eigenvalue weighted by Gasteiger charge is -2.24. The molecule has 0 fully saturated rings. The standard InChI is InChI=1S/C18H25N3OS/c1-4-19-17(20-11-15-8-6-5-7-14(15)2)21-13-18(3,22)16-9-10-23-12-16/h5-10,12,22H,4,11,13H2,1-3H3,(H2,19,20,21). The lowest BCUT2D eigenvalue weighted by atomic mass is 9.99. The van der Waals surface area contributed by atoms with Crippen LogP contribution in [0.15, 0.2) is 46.1 Å². The van der Waals surface area contributed by atoms with Crippen molar-refractivity contribution < 1.29 is 5.11 Å². The molecule has 124 valence electrons. The van der Waals surface area contributed by atoms with Crippen LogP contribution >= 0.6 is 11.3 Å². The first-order valence-corrected chi connectivity index (χ1v) is 8.79. The van der Waals surface area contributed by atoms with Crippen LogP contribution in [0.5, 0.6) is 0 Å². The van der Waals surface area contributed by atoms with Gasteiger partial charge >= 0.3 is 0 Å². The fourth-order valence-corrected chi connectivity index (χ4v) is 3.01. The summed E-state index contributed by atoms with van der Waals surface area (Å²) < 4.78 is 0. The first-order chi connectivity index (χ1) is 11.0. The number of benzene rings is 1. The van der Waals surface area contributed by atoms with Gasteiger partial charge in [0.2, 0.25) is 0 Å². The van der Waals surface area contributed by atoms with E-state index in [9.17, 15) is 5.11 Å². The van der Waals surface area contributed by atoms with Crippen molar-refractivity contribution in [2.24, 2.45) is 4.99 Å². The van der Waals surface area contributed by atoms with E-state index in [-0.39, 0.29) is 0 Å². The van der Waals surface area contributed by atoms with E-state index in [1.54, 1.807) is 11.3 Å². The van der Waals surface area contributed by atoms with Gasteiger partial charge in [-0.3, -0.25) is 0 Å². The van der Waals surface area contributed by atoms with Crippen LogP contribution in [-0.2, 0) is 12.1 Å². The predicted molar refractivity (Wildman–Crippen MR) is 97.9 cm³/mol. The maximum atomic E-state index is 10.6. The molecule has 1 heterocycles. The number of aliphatic hydroxyl groups is 1. The number of guanidine groups is 1. The molecule has 23 heavy (non-hydrogen) atoms. The van der Waals surface area contributed by atoms with Gasteiger partial charge in [-0.1, -0.05) is 24.3 Å². The van der Waals surface area contributed by atoms with Crippen LogP contribution in [0.3, 0.4) is 0 Å². The van der Waals surface area contributed by atoms with Crippen molar-refractivity contribution in [2.75, 3.05) is 13.1 Å². The number of hydrogen-bond donors (Lipinski definition) is 3. The Morgan fingerprint density at radius 3 is 2.70 bits per heavy atom. The molecule has 2 aromatic rings. The second kappa shape index (κ2) is 8.13. The van der Waals surface area contributed by atoms with E-state index in [0.717, 1.165) is 12.1 Å². The zero-order valence-electron chi connectivity index (χ0n) is 14.0. The van der Waals surface area contributed by atoms with Gasteiger partial charge in [-0.2, -0.15) is 11.3 Å². The highest BCUT2D eigenvalue weighted by atomic mass is 32.1. The monoisotopic (exact) mass is 331 g/mol. The fourth-order valence-electron chi connectivity index (χ4n) is 2.22. The number of nitrogens with one attached hydrogen (secondary N) is 2. The first-order valence-electron chi connectivity index (χ1n) is 7.84. The summed E-state index contributed by atoms with van der Waals surface area (Å²) >= 11 is 1.59. The average molecular weight is 331 g/mol. The number of aliphatic imine (C=N–C) groups is 1. The quantitative estimate of drug-likeness (QED) is 0.563. The van der Waals surface area contributed by atoms with Crippen LogP contribution in [-0.4, -0.2) is 24.2 Å². The zero-order chi connectivity index (χ0) is 16.7. The van der Waals surface area contributed by atoms with Gasteiger partial charge in [0.25, 0.3) is 0 Å². The van der Waals surface area contributed by atoms with Crippen LogP contribution < -0.4 is 10.6 Å². The summed E-state index contributed by atoms with van der Waals surface area (Å²) in [4.78, 5) is 4.61. The molecule has 0 saturated carbocycles. The molecule has 2 rings (SSSR count). The number of thiophene rings is 1. The third-order valence-electron chi connectivity index (χ3n) is 3.76. The minimum atomic E-state index is -0.918. The summed E-state index contributed by atoms with van der Waals surface area (Å²) in [5.41, 5.74) is 2.44. The van der Waals surface area contributed by atoms with Gasteiger partial charge in [0.1, 0.15) is 5.60 Å². The molecule has 1 unspecified atom stereocenters. The number of aryl methyl sites for hydroxylation is 1. The second-order valence-electron chi connectivity index (χ2n) is 5.76. The van der Waals surface area contributed by atoms with E-state index in [1.165, 1.54) is 11.1 Å². The molecule has 0 bridgehead atoms. The lowest BCUT2D eigenvalue weighted by Crippen LogP contribution is -2.44. The third kappa shape index (κ3) is 5.08. The van der Waals surface area contributed by atoms with Gasteiger partial charge in [0.15, 0.2) is 5.96 Å². The Kier molecular flexibility index (Phi) is 6.19. The van der Waals surface area contributed by atoms with Gasteiger partial charge in [-0.15, -0.1) is 0 Å². The lowest BCUT2D eigenvalue weighted by molar-refractivity contribution is 0.0621. The van der Waals surface area contributed by atoms with Crippen LogP contribution in [0.2, 0.25) is 0 Å². The Labute approximate surface area is 142 Å². The SMILES string of the molecule is CCNC(=NCc1ccccc1C)NCC(C)(O)c1ccsc1. The molecule has 0 saturated heterocycles. The van der Waals surface area contributed by atoms with Gasteiger partial charge < -0.3 is 15.7 Å². The van der Waals surface area contributed by atoms with Crippen LogP contribution in [0.1, 0.15) is 30.5 Å². The molecule has 0 aliphatic heterocycles. The molecule has 0 aliphatic rings. The summed E-state index contributed by atoms with van der Waals surface area (Å²) in [6.45, 7) is 7.73. The van der Waals surface area contributed by atoms with Crippen molar-refractivity contribution in [3.8, 4) is 0 Å². The van der Waals surface area contributed by atoms with Crippen LogP contribution in [0, 0.1) is 6.92 Å². The van der Waals surface area contributed by atoms with Crippen molar-refractivity contribution in [1.82, 2.24) is 10.6 Å². The van der Waals surface area contributed by atoms with Crippen molar-refractivity contribution in [2.45, 2.75) is 32.9 Å². The fraction of sp³-hybridized carbons (Fsp3) is 0.389. The number of rotatable bonds is 6. The third-order valence-corrected chi connectivity index (χ3v) is 4.44. The van der Waals surface area contributed by atoms with E-state index in [1.807, 2.05) is 42.8 Å². The smallest absolute Gasteiger partial charge is 0.191 e. The minimum Gasteiger partial charge on any atom is -0.384 e. The van der Waals surface area contributed by atoms with E-state index >= 15 is 0 Å². The number of hydrogen-bond acceptors (Lipinski definition) is 3.